The van der Waals surface area contributed by atoms with E-state index in [9.17, 15) is 10.1 Å². The third-order valence-corrected chi connectivity index (χ3v) is 6.30. The number of piperidine rings is 1. The number of rotatable bonds is 5. The SMILES string of the molecule is CC(C)=CCn1c(N2CCCCC2)c(C#N)c2ncn(Cc3ncc4ccccc4n3)c(=O)c21. The number of hydrogen-bond acceptors (Lipinski definition) is 6. The van der Waals surface area contributed by atoms with Gasteiger partial charge in [0.05, 0.1) is 18.4 Å². The zero-order chi connectivity index (χ0) is 23.7. The molecule has 3 aromatic heterocycles. The van der Waals surface area contributed by atoms with Gasteiger partial charge in [-0.05, 0) is 39.2 Å². The Kier molecular flexibility index (Phi) is 5.84. The first kappa shape index (κ1) is 21.8. The van der Waals surface area contributed by atoms with Crippen LogP contribution < -0.4 is 10.5 Å². The van der Waals surface area contributed by atoms with Crippen LogP contribution in [-0.2, 0) is 13.1 Å². The third kappa shape index (κ3) is 3.94. The fourth-order valence-corrected chi connectivity index (χ4v) is 4.59. The minimum atomic E-state index is -0.191. The highest BCUT2D eigenvalue weighted by atomic mass is 16.1. The van der Waals surface area contributed by atoms with Gasteiger partial charge in [-0.1, -0.05) is 29.8 Å². The smallest absolute Gasteiger partial charge is 0.278 e. The van der Waals surface area contributed by atoms with Gasteiger partial charge >= 0.3 is 0 Å². The van der Waals surface area contributed by atoms with Crippen LogP contribution in [0.15, 0.2) is 53.2 Å². The van der Waals surface area contributed by atoms with Crippen LogP contribution >= 0.6 is 0 Å². The van der Waals surface area contributed by atoms with Crippen molar-refractivity contribution in [3.05, 3.63) is 70.2 Å². The van der Waals surface area contributed by atoms with Crippen LogP contribution in [0.2, 0.25) is 0 Å². The molecular weight excluding hydrogens is 426 g/mol. The molecule has 0 spiro atoms. The van der Waals surface area contributed by atoms with Crippen LogP contribution in [0, 0.1) is 11.3 Å². The second kappa shape index (κ2) is 9.10. The molecule has 0 aliphatic carbocycles. The predicted octanol–water partition coefficient (Wildman–Crippen LogP) is 4.02. The lowest BCUT2D eigenvalue weighted by atomic mass is 10.1. The van der Waals surface area contributed by atoms with Gasteiger partial charge in [0, 0.05) is 31.2 Å². The highest BCUT2D eigenvalue weighted by Gasteiger charge is 2.26. The lowest BCUT2D eigenvalue weighted by molar-refractivity contribution is 0.565. The van der Waals surface area contributed by atoms with Gasteiger partial charge in [0.25, 0.3) is 5.56 Å². The number of aromatic nitrogens is 5. The molecule has 5 rings (SSSR count). The minimum absolute atomic E-state index is 0.191. The molecule has 0 N–H and O–H groups in total. The quantitative estimate of drug-likeness (QED) is 0.424. The van der Waals surface area contributed by atoms with Crippen molar-refractivity contribution >= 4 is 27.8 Å². The molecule has 0 saturated carbocycles. The maximum absolute atomic E-state index is 13.7. The number of nitriles is 1. The summed E-state index contributed by atoms with van der Waals surface area (Å²) >= 11 is 0. The number of allylic oxidation sites excluding steroid dienone is 2. The predicted molar refractivity (Wildman–Crippen MR) is 133 cm³/mol. The van der Waals surface area contributed by atoms with E-state index in [1.165, 1.54) is 17.3 Å². The number of benzene rings is 1. The summed E-state index contributed by atoms with van der Waals surface area (Å²) in [5.74, 6) is 1.35. The van der Waals surface area contributed by atoms with Crippen LogP contribution in [-0.4, -0.2) is 37.2 Å². The largest absolute Gasteiger partial charge is 0.357 e. The van der Waals surface area contributed by atoms with Gasteiger partial charge < -0.3 is 9.47 Å². The Morgan fingerprint density at radius 1 is 1.15 bits per heavy atom. The fourth-order valence-electron chi connectivity index (χ4n) is 4.59. The number of hydrogen-bond donors (Lipinski definition) is 0. The molecule has 0 bridgehead atoms. The Balaban J connectivity index is 1.66. The number of anilines is 1. The van der Waals surface area contributed by atoms with Crippen molar-refractivity contribution in [3.63, 3.8) is 0 Å². The Morgan fingerprint density at radius 3 is 2.71 bits per heavy atom. The van der Waals surface area contributed by atoms with Crippen molar-refractivity contribution in [2.45, 2.75) is 46.2 Å². The summed E-state index contributed by atoms with van der Waals surface area (Å²) in [6.07, 6.45) is 8.70. The Morgan fingerprint density at radius 2 is 1.94 bits per heavy atom. The van der Waals surface area contributed by atoms with E-state index in [1.54, 1.807) is 6.20 Å². The molecule has 0 unspecified atom stereocenters. The molecule has 1 aromatic carbocycles. The summed E-state index contributed by atoms with van der Waals surface area (Å²) in [6, 6.07) is 10.1. The summed E-state index contributed by atoms with van der Waals surface area (Å²) < 4.78 is 3.51. The van der Waals surface area contributed by atoms with E-state index < -0.39 is 0 Å². The molecular formula is C26H27N7O. The molecule has 0 atom stereocenters. The molecule has 0 amide bonds. The first-order valence-corrected chi connectivity index (χ1v) is 11.7. The Hall–Kier alpha value is -3.99. The van der Waals surface area contributed by atoms with E-state index in [0.717, 1.165) is 48.2 Å². The summed E-state index contributed by atoms with van der Waals surface area (Å²) in [5, 5.41) is 11.0. The van der Waals surface area contributed by atoms with Crippen molar-refractivity contribution < 1.29 is 0 Å². The minimum Gasteiger partial charge on any atom is -0.357 e. The molecule has 172 valence electrons. The third-order valence-electron chi connectivity index (χ3n) is 6.30. The molecule has 0 radical (unpaired) electrons. The van der Waals surface area contributed by atoms with E-state index in [0.29, 0.717) is 29.0 Å². The van der Waals surface area contributed by atoms with Crippen molar-refractivity contribution in [2.75, 3.05) is 18.0 Å². The van der Waals surface area contributed by atoms with Gasteiger partial charge in [-0.3, -0.25) is 9.36 Å². The topological polar surface area (TPSA) is 92.6 Å². The monoisotopic (exact) mass is 453 g/mol. The van der Waals surface area contributed by atoms with Crippen molar-refractivity contribution in [1.29, 1.82) is 5.26 Å². The summed E-state index contributed by atoms with van der Waals surface area (Å²) in [5.41, 5.74) is 3.19. The lowest BCUT2D eigenvalue weighted by Crippen LogP contribution is -2.32. The number of para-hydroxylation sites is 1. The van der Waals surface area contributed by atoms with Crippen LogP contribution in [0.4, 0.5) is 5.82 Å². The van der Waals surface area contributed by atoms with Crippen LogP contribution in [0.1, 0.15) is 44.5 Å². The van der Waals surface area contributed by atoms with Gasteiger partial charge in [-0.25, -0.2) is 15.0 Å². The van der Waals surface area contributed by atoms with Gasteiger partial charge in [-0.2, -0.15) is 5.26 Å². The zero-order valence-corrected chi connectivity index (χ0v) is 19.5. The molecule has 4 aromatic rings. The Labute approximate surface area is 197 Å². The van der Waals surface area contributed by atoms with Crippen molar-refractivity contribution in [3.8, 4) is 6.07 Å². The van der Waals surface area contributed by atoms with Crippen molar-refractivity contribution in [1.82, 2.24) is 24.1 Å². The standard InChI is InChI=1S/C26H27N7O/c1-18(2)10-13-33-24-23(20(14-27)25(33)31-11-6-3-7-12-31)29-17-32(26(24)34)16-22-28-15-19-8-4-5-9-21(19)30-22/h4-5,8-10,15,17H,3,6-7,11-13,16H2,1-2H3. The Bertz CT molecular complexity index is 1500. The number of nitrogens with zero attached hydrogens (tertiary/aromatic N) is 7. The molecule has 8 heteroatoms. The molecule has 1 fully saturated rings. The lowest BCUT2D eigenvalue weighted by Gasteiger charge is -2.29. The van der Waals surface area contributed by atoms with Crippen molar-refractivity contribution in [2.24, 2.45) is 0 Å². The van der Waals surface area contributed by atoms with E-state index in [4.69, 9.17) is 0 Å². The maximum atomic E-state index is 13.7. The second-order valence-electron chi connectivity index (χ2n) is 8.97. The molecule has 1 aliphatic rings. The van der Waals surface area contributed by atoms with Crippen LogP contribution in [0.25, 0.3) is 21.9 Å². The van der Waals surface area contributed by atoms with Crippen LogP contribution in [0.3, 0.4) is 0 Å². The van der Waals surface area contributed by atoms with Gasteiger partial charge in [-0.15, -0.1) is 0 Å². The molecule has 1 aliphatic heterocycles. The highest BCUT2D eigenvalue weighted by Crippen LogP contribution is 2.31. The van der Waals surface area contributed by atoms with Crippen LogP contribution in [0.5, 0.6) is 0 Å². The summed E-state index contributed by atoms with van der Waals surface area (Å²) in [6.45, 7) is 6.54. The van der Waals surface area contributed by atoms with E-state index in [-0.39, 0.29) is 12.1 Å². The normalized spacial score (nSPS) is 13.9. The van der Waals surface area contributed by atoms with Gasteiger partial charge in [0.2, 0.25) is 0 Å². The van der Waals surface area contributed by atoms with E-state index in [2.05, 4.69) is 32.0 Å². The summed E-state index contributed by atoms with van der Waals surface area (Å²) in [7, 11) is 0. The highest BCUT2D eigenvalue weighted by molar-refractivity contribution is 5.89. The average Bonchev–Trinajstić information content (AvgIpc) is 3.19. The first-order valence-electron chi connectivity index (χ1n) is 11.7. The molecule has 4 heterocycles. The maximum Gasteiger partial charge on any atom is 0.278 e. The van der Waals surface area contributed by atoms with Gasteiger partial charge in [0.15, 0.2) is 0 Å². The summed E-state index contributed by atoms with van der Waals surface area (Å²) in [4.78, 5) is 29.6. The van der Waals surface area contributed by atoms with E-state index >= 15 is 0 Å². The fraction of sp³-hybridized carbons (Fsp3) is 0.346. The zero-order valence-electron chi connectivity index (χ0n) is 19.5. The molecule has 8 nitrogen and oxygen atoms in total. The molecule has 1 saturated heterocycles. The van der Waals surface area contributed by atoms with E-state index in [1.807, 2.05) is 42.7 Å². The average molecular weight is 454 g/mol. The first-order chi connectivity index (χ1) is 16.6. The van der Waals surface area contributed by atoms with Gasteiger partial charge in [0.1, 0.15) is 34.3 Å². The molecule has 34 heavy (non-hydrogen) atoms. The number of fused-ring (bicyclic) bond motifs is 2. The second-order valence-corrected chi connectivity index (χ2v) is 8.97.